The summed E-state index contributed by atoms with van der Waals surface area (Å²) in [6.45, 7) is 9.95. The molecule has 4 fully saturated rings. The van der Waals surface area contributed by atoms with Crippen molar-refractivity contribution in [3.63, 3.8) is 0 Å². The number of hydrogen-bond acceptors (Lipinski definition) is 19. The van der Waals surface area contributed by atoms with Gasteiger partial charge in [0.1, 0.15) is 12.2 Å². The van der Waals surface area contributed by atoms with E-state index in [0.29, 0.717) is 39.4 Å². The summed E-state index contributed by atoms with van der Waals surface area (Å²) >= 11 is 0. The first-order chi connectivity index (χ1) is 35.2. The summed E-state index contributed by atoms with van der Waals surface area (Å²) in [5.41, 5.74) is 6.16. The summed E-state index contributed by atoms with van der Waals surface area (Å²) in [5, 5.41) is 111. The topological polar surface area (TPSA) is 315 Å². The van der Waals surface area contributed by atoms with Gasteiger partial charge in [0.05, 0.1) is 105 Å². The molecule has 0 saturated carbocycles. The molecule has 0 aliphatic carbocycles. The van der Waals surface area contributed by atoms with Gasteiger partial charge in [-0.1, -0.05) is 98.9 Å². The number of allylic oxidation sites excluding steroid dienone is 12. The third kappa shape index (κ3) is 18.6. The highest BCUT2D eigenvalue weighted by atomic mass is 16.7. The maximum absolute atomic E-state index is 14.5. The van der Waals surface area contributed by atoms with Crippen LogP contribution in [0.3, 0.4) is 0 Å². The fraction of sp³-hybridized carbons (Fsp3) is 0.704. The van der Waals surface area contributed by atoms with Gasteiger partial charge in [0.15, 0.2) is 12.1 Å². The van der Waals surface area contributed by atoms with Crippen LogP contribution in [0.4, 0.5) is 0 Å². The molecule has 1 amide bonds. The molecule has 5 aliphatic heterocycles. The van der Waals surface area contributed by atoms with E-state index in [9.17, 15) is 60.7 Å². The second-order valence-electron chi connectivity index (χ2n) is 20.8. The summed E-state index contributed by atoms with van der Waals surface area (Å²) in [7, 11) is 0. The van der Waals surface area contributed by atoms with Crippen LogP contribution in [-0.4, -0.2) is 216 Å². The predicted octanol–water partition coefficient (Wildman–Crippen LogP) is 0.170. The van der Waals surface area contributed by atoms with E-state index in [2.05, 4.69) is 4.90 Å². The van der Waals surface area contributed by atoms with Gasteiger partial charge in [-0.25, -0.2) is 0 Å². The number of nitrogens with two attached hydrogens (primary N) is 1. The molecular weight excluding hydrogens is 963 g/mol. The SMILES string of the molecule is C[C@@H]1OC(=O)CC(O)CC(O)CCC(O)C(O)C[C@H](O)CC2(O)C[C@H](O)C(C(=O)N3CCN(C4COC4)CC3)[C@H](CC(O[C@@H]3O[C@H](C)[C@@H](O)[C@H](N)[C@@H]3O)/C=C/C=C/C=C/C=C/C=C/C=C/C=C/[C@H](C)C(O)[C@H]1C)O2. The fourth-order valence-corrected chi connectivity index (χ4v) is 9.92. The molecule has 19 atom stereocenters. The van der Waals surface area contributed by atoms with Crippen LogP contribution in [0.2, 0.25) is 0 Å². The Bertz CT molecular complexity index is 1940. The predicted molar refractivity (Wildman–Crippen MR) is 272 cm³/mol. The number of aliphatic hydroxyl groups is 10. The Labute approximate surface area is 435 Å². The van der Waals surface area contributed by atoms with Gasteiger partial charge in [0.2, 0.25) is 5.91 Å². The quantitative estimate of drug-likeness (QED) is 0.167. The first-order valence-corrected chi connectivity index (χ1v) is 26.2. The van der Waals surface area contributed by atoms with Crippen LogP contribution in [0.15, 0.2) is 85.1 Å². The number of hydrogen-bond donors (Lipinski definition) is 11. The van der Waals surface area contributed by atoms with E-state index in [1.807, 2.05) is 49.5 Å². The molecular formula is C54H85N3O17. The minimum absolute atomic E-state index is 0.0904. The van der Waals surface area contributed by atoms with Gasteiger partial charge in [-0.2, -0.15) is 0 Å². The number of piperazine rings is 1. The Balaban J connectivity index is 1.38. The molecule has 5 heterocycles. The summed E-state index contributed by atoms with van der Waals surface area (Å²) < 4.78 is 29.4. The number of amides is 1. The highest BCUT2D eigenvalue weighted by molar-refractivity contribution is 5.80. The lowest BCUT2D eigenvalue weighted by molar-refractivity contribution is -0.308. The number of fused-ring (bicyclic) bond motifs is 2. The molecule has 0 spiro atoms. The summed E-state index contributed by atoms with van der Waals surface area (Å²) in [5.74, 6) is -5.36. The molecule has 12 N–H and O–H groups in total. The molecule has 4 saturated heterocycles. The number of esters is 1. The molecule has 418 valence electrons. The number of ether oxygens (including phenoxy) is 5. The summed E-state index contributed by atoms with van der Waals surface area (Å²) in [4.78, 5) is 31.1. The molecule has 0 aromatic carbocycles. The van der Waals surface area contributed by atoms with Gasteiger partial charge in [0.25, 0.3) is 0 Å². The number of aliphatic hydroxyl groups excluding tert-OH is 9. The first-order valence-electron chi connectivity index (χ1n) is 26.2. The van der Waals surface area contributed by atoms with Gasteiger partial charge >= 0.3 is 5.97 Å². The Morgan fingerprint density at radius 1 is 0.662 bits per heavy atom. The van der Waals surface area contributed by atoms with Crippen molar-refractivity contribution in [2.75, 3.05) is 39.4 Å². The smallest absolute Gasteiger partial charge is 0.308 e. The zero-order chi connectivity index (χ0) is 54.1. The Morgan fingerprint density at radius 3 is 1.85 bits per heavy atom. The summed E-state index contributed by atoms with van der Waals surface area (Å²) in [6.07, 6.45) is 5.14. The minimum atomic E-state index is -2.26. The monoisotopic (exact) mass is 1050 g/mol. The van der Waals surface area contributed by atoms with Crippen LogP contribution in [-0.2, 0) is 33.3 Å². The normalized spacial score (nSPS) is 44.1. The Morgan fingerprint density at radius 2 is 1.26 bits per heavy atom. The van der Waals surface area contributed by atoms with Crippen LogP contribution < -0.4 is 5.73 Å². The lowest BCUT2D eigenvalue weighted by Crippen LogP contribution is -2.62. The van der Waals surface area contributed by atoms with E-state index in [0.717, 1.165) is 0 Å². The molecule has 5 rings (SSSR count). The van der Waals surface area contributed by atoms with E-state index in [4.69, 9.17) is 29.4 Å². The molecule has 0 aromatic rings. The second-order valence-corrected chi connectivity index (χ2v) is 20.8. The average molecular weight is 1050 g/mol. The Hall–Kier alpha value is -3.52. The molecule has 20 nitrogen and oxygen atoms in total. The van der Waals surface area contributed by atoms with Gasteiger partial charge in [-0.15, -0.1) is 0 Å². The van der Waals surface area contributed by atoms with Crippen LogP contribution >= 0.6 is 0 Å². The van der Waals surface area contributed by atoms with Crippen molar-refractivity contribution < 1.29 is 84.3 Å². The van der Waals surface area contributed by atoms with Crippen LogP contribution in [0.25, 0.3) is 0 Å². The third-order valence-electron chi connectivity index (χ3n) is 14.8. The van der Waals surface area contributed by atoms with Crippen molar-refractivity contribution in [2.24, 2.45) is 23.5 Å². The standard InChI is InChI=1S/C54H85N3O17/c1-33-17-15-13-11-9-7-5-6-8-10-12-14-16-18-41(73-53-51(67)48(55)50(66)36(4)72-53)28-45-47(52(68)57-23-21-56(22-24-57)37-31-70-32-37)44(63)30-54(69,74-45)29-40(60)26-43(62)42(61)20-19-38(58)25-39(59)27-46(64)71-35(3)34(2)49(33)65/h5-18,33-45,47-51,53,58-63,65-67,69H,19-32,55H2,1-4H3/b6-5+,9-7+,10-8+,13-11+,14-12+,17-15+,18-16+/t33-,34-,35-,36+,38?,39?,40-,41?,42?,43?,44-,45-,47?,48-,49?,50+,51-,53-,54?/m0/s1. The van der Waals surface area contributed by atoms with Crippen LogP contribution in [0.1, 0.15) is 79.1 Å². The highest BCUT2D eigenvalue weighted by Crippen LogP contribution is 2.39. The molecule has 20 heteroatoms. The van der Waals surface area contributed by atoms with Crippen molar-refractivity contribution in [3.8, 4) is 0 Å². The fourth-order valence-electron chi connectivity index (χ4n) is 9.92. The third-order valence-corrected chi connectivity index (χ3v) is 14.8. The van der Waals surface area contributed by atoms with E-state index in [-0.39, 0.29) is 37.6 Å². The van der Waals surface area contributed by atoms with Gasteiger partial charge < -0.3 is 85.4 Å². The molecule has 0 aromatic heterocycles. The number of rotatable bonds is 4. The Kier molecular flexibility index (Phi) is 24.7. The molecule has 74 heavy (non-hydrogen) atoms. The lowest BCUT2D eigenvalue weighted by Gasteiger charge is -2.48. The number of carbonyl (C=O) groups excluding carboxylic acids is 2. The second kappa shape index (κ2) is 29.8. The average Bonchev–Trinajstić information content (AvgIpc) is 3.32. The maximum Gasteiger partial charge on any atom is 0.308 e. The van der Waals surface area contributed by atoms with Crippen molar-refractivity contribution in [1.82, 2.24) is 9.80 Å². The van der Waals surface area contributed by atoms with Gasteiger partial charge in [0, 0.05) is 63.7 Å². The van der Waals surface area contributed by atoms with E-state index in [1.165, 1.54) is 0 Å². The van der Waals surface area contributed by atoms with Crippen LogP contribution in [0, 0.1) is 17.8 Å². The molecule has 0 radical (unpaired) electrons. The number of cyclic esters (lactones) is 1. The van der Waals surface area contributed by atoms with Gasteiger partial charge in [-0.05, 0) is 33.1 Å². The number of carbonyl (C=O) groups is 2. The first kappa shape index (κ1) is 61.3. The molecule has 2 bridgehead atoms. The van der Waals surface area contributed by atoms with E-state index in [1.54, 1.807) is 68.2 Å². The zero-order valence-electron chi connectivity index (χ0n) is 43.3. The van der Waals surface area contributed by atoms with Crippen molar-refractivity contribution in [3.05, 3.63) is 85.1 Å². The van der Waals surface area contributed by atoms with Crippen LogP contribution in [0.5, 0.6) is 0 Å². The van der Waals surface area contributed by atoms with Gasteiger partial charge in [-0.3, -0.25) is 14.5 Å². The van der Waals surface area contributed by atoms with Crippen molar-refractivity contribution in [1.29, 1.82) is 0 Å². The lowest BCUT2D eigenvalue weighted by atomic mass is 9.81. The summed E-state index contributed by atoms with van der Waals surface area (Å²) in [6, 6.07) is -0.863. The van der Waals surface area contributed by atoms with E-state index >= 15 is 0 Å². The largest absolute Gasteiger partial charge is 0.462 e. The minimum Gasteiger partial charge on any atom is -0.462 e. The van der Waals surface area contributed by atoms with E-state index < -0.39 is 147 Å². The van der Waals surface area contributed by atoms with Crippen molar-refractivity contribution >= 4 is 11.9 Å². The molecule has 5 aliphatic rings. The number of nitrogens with zero attached hydrogens (tertiary/aromatic N) is 2. The van der Waals surface area contributed by atoms with Crippen molar-refractivity contribution in [2.45, 2.75) is 183 Å². The molecule has 8 unspecified atom stereocenters. The maximum atomic E-state index is 14.5. The zero-order valence-corrected chi connectivity index (χ0v) is 43.3. The highest BCUT2D eigenvalue weighted by Gasteiger charge is 2.52.